The normalized spacial score (nSPS) is 11.5. The van der Waals surface area contributed by atoms with Gasteiger partial charge in [0.25, 0.3) is 0 Å². The predicted molar refractivity (Wildman–Crippen MR) is 75.0 cm³/mol. The Bertz CT molecular complexity index is 582. The fourth-order valence-corrected chi connectivity index (χ4v) is 3.86. The lowest BCUT2D eigenvalue weighted by molar-refractivity contribution is 0.0697. The molecule has 0 aliphatic carbocycles. The molecule has 0 aromatic heterocycles. The second-order valence-electron chi connectivity index (χ2n) is 4.09. The molecule has 1 rings (SSSR count). The summed E-state index contributed by atoms with van der Waals surface area (Å²) in [5, 5.41) is 8.81. The average molecular weight is 325 g/mol. The van der Waals surface area contributed by atoms with E-state index in [0.29, 0.717) is 6.42 Å². The number of carboxylic acid groups (broad SMARTS) is 1. The van der Waals surface area contributed by atoms with Crippen molar-refractivity contribution in [2.24, 2.45) is 0 Å². The molecule has 0 radical (unpaired) electrons. The maximum atomic E-state index is 12.1. The molecule has 19 heavy (non-hydrogen) atoms. The van der Waals surface area contributed by atoms with E-state index >= 15 is 0 Å². The fourth-order valence-electron chi connectivity index (χ4n) is 1.58. The van der Waals surface area contributed by atoms with E-state index in [9.17, 15) is 13.2 Å². The van der Waals surface area contributed by atoms with Crippen LogP contribution in [0.2, 0.25) is 10.0 Å². The zero-order valence-electron chi connectivity index (χ0n) is 10.3. The first-order chi connectivity index (χ1) is 8.79. The van der Waals surface area contributed by atoms with Crippen molar-refractivity contribution in [1.29, 1.82) is 0 Å². The van der Waals surface area contributed by atoms with Gasteiger partial charge in [-0.15, -0.1) is 0 Å². The van der Waals surface area contributed by atoms with Crippen molar-refractivity contribution in [3.05, 3.63) is 27.7 Å². The molecule has 1 aromatic carbocycles. The van der Waals surface area contributed by atoms with Gasteiger partial charge in [0, 0.05) is 0 Å². The van der Waals surface area contributed by atoms with Gasteiger partial charge in [-0.1, -0.05) is 43.0 Å². The van der Waals surface area contributed by atoms with Gasteiger partial charge in [0.05, 0.1) is 26.3 Å². The number of carbonyl (C=O) groups is 1. The maximum absolute atomic E-state index is 12.1. The van der Waals surface area contributed by atoms with Gasteiger partial charge in [-0.3, -0.25) is 0 Å². The minimum Gasteiger partial charge on any atom is -0.478 e. The van der Waals surface area contributed by atoms with E-state index in [1.165, 1.54) is 0 Å². The Labute approximate surface area is 122 Å². The number of rotatable bonds is 6. The van der Waals surface area contributed by atoms with Crippen LogP contribution in [-0.4, -0.2) is 25.2 Å². The largest absolute Gasteiger partial charge is 0.478 e. The van der Waals surface area contributed by atoms with Crippen LogP contribution in [0, 0.1) is 0 Å². The molecule has 0 amide bonds. The highest BCUT2D eigenvalue weighted by Crippen LogP contribution is 2.29. The zero-order valence-corrected chi connectivity index (χ0v) is 12.6. The van der Waals surface area contributed by atoms with Crippen LogP contribution in [0.15, 0.2) is 17.0 Å². The van der Waals surface area contributed by atoms with Crippen molar-refractivity contribution in [2.75, 3.05) is 5.75 Å². The zero-order chi connectivity index (χ0) is 14.6. The van der Waals surface area contributed by atoms with Crippen molar-refractivity contribution in [3.63, 3.8) is 0 Å². The Morgan fingerprint density at radius 1 is 1.21 bits per heavy atom. The number of benzene rings is 1. The van der Waals surface area contributed by atoms with E-state index in [1.54, 1.807) is 0 Å². The Balaban J connectivity index is 3.19. The molecule has 4 nitrogen and oxygen atoms in total. The first kappa shape index (κ1) is 16.3. The van der Waals surface area contributed by atoms with Crippen molar-refractivity contribution in [3.8, 4) is 0 Å². The molecule has 0 unspecified atom stereocenters. The minimum atomic E-state index is -3.59. The molecule has 106 valence electrons. The van der Waals surface area contributed by atoms with Crippen LogP contribution in [-0.2, 0) is 9.84 Å². The highest BCUT2D eigenvalue weighted by molar-refractivity contribution is 7.91. The van der Waals surface area contributed by atoms with Crippen LogP contribution in [0.5, 0.6) is 0 Å². The third-order valence-corrected chi connectivity index (χ3v) is 5.18. The van der Waals surface area contributed by atoms with E-state index in [-0.39, 0.29) is 26.3 Å². The van der Waals surface area contributed by atoms with E-state index in [4.69, 9.17) is 28.3 Å². The number of hydrogen-bond acceptors (Lipinski definition) is 3. The number of unbranched alkanes of at least 4 members (excludes halogenated alkanes) is 2. The van der Waals surface area contributed by atoms with Gasteiger partial charge in [-0.05, 0) is 18.6 Å². The topological polar surface area (TPSA) is 71.4 Å². The number of halogens is 2. The number of hydrogen-bond donors (Lipinski definition) is 1. The second kappa shape index (κ2) is 6.59. The minimum absolute atomic E-state index is 0.0495. The molecular weight excluding hydrogens is 311 g/mol. The summed E-state index contributed by atoms with van der Waals surface area (Å²) in [6.07, 6.45) is 2.20. The standard InChI is InChI=1S/C12H14Cl2O4S/c1-2-3-4-5-19(17,18)11-6-8(12(15)16)9(13)7-10(11)14/h6-7H,2-5H2,1H3,(H,15,16). The molecule has 0 fully saturated rings. The van der Waals surface area contributed by atoms with Crippen molar-refractivity contribution >= 4 is 39.0 Å². The Morgan fingerprint density at radius 2 is 1.84 bits per heavy atom. The fraction of sp³-hybridized carbons (Fsp3) is 0.417. The molecule has 0 heterocycles. The van der Waals surface area contributed by atoms with Crippen LogP contribution in [0.1, 0.15) is 36.5 Å². The SMILES string of the molecule is CCCCCS(=O)(=O)c1cc(C(=O)O)c(Cl)cc1Cl. The second-order valence-corrected chi connectivity index (χ2v) is 6.99. The van der Waals surface area contributed by atoms with Crippen LogP contribution >= 0.6 is 23.2 Å². The maximum Gasteiger partial charge on any atom is 0.337 e. The van der Waals surface area contributed by atoms with Crippen LogP contribution in [0.25, 0.3) is 0 Å². The molecule has 0 saturated heterocycles. The monoisotopic (exact) mass is 324 g/mol. The summed E-state index contributed by atoms with van der Waals surface area (Å²) in [7, 11) is -3.59. The third-order valence-electron chi connectivity index (χ3n) is 2.60. The quantitative estimate of drug-likeness (QED) is 0.810. The molecule has 0 atom stereocenters. The van der Waals surface area contributed by atoms with Crippen molar-refractivity contribution in [1.82, 2.24) is 0 Å². The smallest absolute Gasteiger partial charge is 0.337 e. The lowest BCUT2D eigenvalue weighted by Crippen LogP contribution is -2.09. The van der Waals surface area contributed by atoms with Crippen LogP contribution in [0.3, 0.4) is 0 Å². The molecule has 0 bridgehead atoms. The van der Waals surface area contributed by atoms with Gasteiger partial charge in [0.15, 0.2) is 9.84 Å². The summed E-state index contributed by atoms with van der Waals surface area (Å²) in [4.78, 5) is 10.8. The van der Waals surface area contributed by atoms with Crippen LogP contribution in [0.4, 0.5) is 0 Å². The summed E-state index contributed by atoms with van der Waals surface area (Å²) < 4.78 is 24.2. The molecular formula is C12H14Cl2O4S. The molecule has 7 heteroatoms. The van der Waals surface area contributed by atoms with Gasteiger partial charge in [0.2, 0.25) is 0 Å². The van der Waals surface area contributed by atoms with E-state index in [1.807, 2.05) is 6.92 Å². The van der Waals surface area contributed by atoms with Crippen molar-refractivity contribution < 1.29 is 18.3 Å². The van der Waals surface area contributed by atoms with E-state index in [2.05, 4.69) is 0 Å². The third kappa shape index (κ3) is 4.09. The summed E-state index contributed by atoms with van der Waals surface area (Å²) in [6.45, 7) is 1.96. The number of carboxylic acids is 1. The predicted octanol–water partition coefficient (Wildman–Crippen LogP) is 3.66. The summed E-state index contributed by atoms with van der Waals surface area (Å²) >= 11 is 11.6. The van der Waals surface area contributed by atoms with Gasteiger partial charge in [0.1, 0.15) is 0 Å². The molecule has 1 aromatic rings. The molecule has 0 aliphatic heterocycles. The summed E-state index contributed by atoms with van der Waals surface area (Å²) in [5.74, 6) is -1.34. The van der Waals surface area contributed by atoms with Gasteiger partial charge < -0.3 is 5.11 Å². The van der Waals surface area contributed by atoms with Gasteiger partial charge in [-0.2, -0.15) is 0 Å². The van der Waals surface area contributed by atoms with E-state index in [0.717, 1.165) is 25.0 Å². The molecule has 1 N–H and O–H groups in total. The Kier molecular flexibility index (Phi) is 5.64. The number of sulfone groups is 1. The van der Waals surface area contributed by atoms with Gasteiger partial charge in [-0.25, -0.2) is 13.2 Å². The molecule has 0 saturated carbocycles. The lowest BCUT2D eigenvalue weighted by Gasteiger charge is -2.08. The summed E-state index contributed by atoms with van der Waals surface area (Å²) in [5.41, 5.74) is -0.264. The first-order valence-electron chi connectivity index (χ1n) is 5.74. The van der Waals surface area contributed by atoms with Crippen molar-refractivity contribution in [2.45, 2.75) is 31.1 Å². The Morgan fingerprint density at radius 3 is 2.37 bits per heavy atom. The first-order valence-corrected chi connectivity index (χ1v) is 8.15. The molecule has 0 aliphatic rings. The molecule has 0 spiro atoms. The Hall–Kier alpha value is -0.780. The lowest BCUT2D eigenvalue weighted by atomic mass is 10.2. The average Bonchev–Trinajstić information content (AvgIpc) is 2.28. The summed E-state index contributed by atoms with van der Waals surface area (Å²) in [6, 6.07) is 2.17. The highest BCUT2D eigenvalue weighted by Gasteiger charge is 2.22. The van der Waals surface area contributed by atoms with E-state index < -0.39 is 15.8 Å². The number of aromatic carboxylic acids is 1. The highest BCUT2D eigenvalue weighted by atomic mass is 35.5. The van der Waals surface area contributed by atoms with Crippen LogP contribution < -0.4 is 0 Å². The van der Waals surface area contributed by atoms with Gasteiger partial charge >= 0.3 is 5.97 Å².